The van der Waals surface area contributed by atoms with Crippen LogP contribution >= 0.6 is 0 Å². The number of anilines is 1. The van der Waals surface area contributed by atoms with E-state index in [0.717, 1.165) is 37.8 Å². The second-order valence-electron chi connectivity index (χ2n) is 5.68. The summed E-state index contributed by atoms with van der Waals surface area (Å²) in [5, 5.41) is 10.1. The summed E-state index contributed by atoms with van der Waals surface area (Å²) in [6.07, 6.45) is 6.75. The first kappa shape index (κ1) is 17.0. The van der Waals surface area contributed by atoms with E-state index in [1.807, 2.05) is 0 Å². The maximum Gasteiger partial charge on any atom is 0.232 e. The average Bonchev–Trinajstić information content (AvgIpc) is 2.48. The molecule has 22 heavy (non-hydrogen) atoms. The molecule has 2 aliphatic heterocycles. The van der Waals surface area contributed by atoms with Gasteiger partial charge in [0, 0.05) is 25.7 Å². The molecule has 0 spiro atoms. The largest absolute Gasteiger partial charge is 0.388 e. The predicted molar refractivity (Wildman–Crippen MR) is 90.0 cm³/mol. The molecule has 6 heteroatoms. The summed E-state index contributed by atoms with van der Waals surface area (Å²) in [6, 6.07) is 7.09. The first-order chi connectivity index (χ1) is 10.5. The van der Waals surface area contributed by atoms with E-state index in [0.29, 0.717) is 18.7 Å². The molecule has 122 valence electrons. The van der Waals surface area contributed by atoms with E-state index in [1.54, 1.807) is 30.5 Å². The second kappa shape index (κ2) is 7.74. The Kier molecular flexibility index (Phi) is 5.97. The number of sulfonamides is 1. The van der Waals surface area contributed by atoms with Crippen molar-refractivity contribution < 1.29 is 13.5 Å². The second-order valence-corrected chi connectivity index (χ2v) is 7.59. The molecule has 2 bridgehead atoms. The van der Waals surface area contributed by atoms with Crippen LogP contribution in [-0.2, 0) is 10.0 Å². The molecular weight excluding hydrogens is 300 g/mol. The van der Waals surface area contributed by atoms with E-state index in [2.05, 4.69) is 4.99 Å². The highest BCUT2D eigenvalue weighted by Gasteiger charge is 2.17. The SMILES string of the molecule is CS(=O)(=O)N1CCCCCCN=CCC(O)c2ccc1cc2. The Balaban J connectivity index is 2.26. The topological polar surface area (TPSA) is 70.0 Å². The van der Waals surface area contributed by atoms with Gasteiger partial charge < -0.3 is 5.11 Å². The van der Waals surface area contributed by atoms with Gasteiger partial charge in [-0.1, -0.05) is 25.0 Å². The third-order valence-electron chi connectivity index (χ3n) is 3.82. The highest BCUT2D eigenvalue weighted by molar-refractivity contribution is 7.92. The first-order valence-corrected chi connectivity index (χ1v) is 9.57. The summed E-state index contributed by atoms with van der Waals surface area (Å²) in [4.78, 5) is 4.31. The molecule has 2 heterocycles. The number of aliphatic hydroxyl groups is 1. The summed E-state index contributed by atoms with van der Waals surface area (Å²) >= 11 is 0. The maximum absolute atomic E-state index is 12.0. The van der Waals surface area contributed by atoms with Gasteiger partial charge in [-0.05, 0) is 30.5 Å². The Morgan fingerprint density at radius 1 is 1.14 bits per heavy atom. The molecule has 1 aromatic carbocycles. The molecule has 1 aromatic rings. The Bertz CT molecular complexity index is 596. The van der Waals surface area contributed by atoms with Crippen LogP contribution in [0.15, 0.2) is 29.3 Å². The van der Waals surface area contributed by atoms with Crippen molar-refractivity contribution in [2.24, 2.45) is 4.99 Å². The van der Waals surface area contributed by atoms with Crippen molar-refractivity contribution in [3.63, 3.8) is 0 Å². The van der Waals surface area contributed by atoms with Crippen LogP contribution < -0.4 is 4.31 Å². The minimum Gasteiger partial charge on any atom is -0.388 e. The number of aliphatic hydroxyl groups excluding tert-OH is 1. The van der Waals surface area contributed by atoms with Gasteiger partial charge in [-0.2, -0.15) is 0 Å². The zero-order chi connectivity index (χ0) is 16.0. The van der Waals surface area contributed by atoms with Crippen LogP contribution in [0.5, 0.6) is 0 Å². The minimum absolute atomic E-state index is 0.481. The molecule has 0 saturated carbocycles. The average molecular weight is 324 g/mol. The van der Waals surface area contributed by atoms with E-state index < -0.39 is 16.1 Å². The number of hydrogen-bond donors (Lipinski definition) is 1. The summed E-state index contributed by atoms with van der Waals surface area (Å²) in [5.41, 5.74) is 1.43. The number of nitrogens with zero attached hydrogens (tertiary/aromatic N) is 2. The van der Waals surface area contributed by atoms with Crippen LogP contribution in [0.2, 0.25) is 0 Å². The normalized spacial score (nSPS) is 21.4. The molecule has 0 amide bonds. The Labute approximate surface area is 132 Å². The van der Waals surface area contributed by atoms with Crippen molar-refractivity contribution in [2.45, 2.75) is 38.2 Å². The van der Waals surface area contributed by atoms with Gasteiger partial charge in [-0.25, -0.2) is 8.42 Å². The molecule has 0 fully saturated rings. The Morgan fingerprint density at radius 2 is 1.82 bits per heavy atom. The quantitative estimate of drug-likeness (QED) is 0.863. The zero-order valence-corrected chi connectivity index (χ0v) is 13.8. The van der Waals surface area contributed by atoms with E-state index in [9.17, 15) is 13.5 Å². The van der Waals surface area contributed by atoms with Gasteiger partial charge in [0.05, 0.1) is 18.0 Å². The third kappa shape index (κ3) is 4.81. The van der Waals surface area contributed by atoms with Gasteiger partial charge in [-0.15, -0.1) is 0 Å². The molecule has 1 unspecified atom stereocenters. The monoisotopic (exact) mass is 324 g/mol. The lowest BCUT2D eigenvalue weighted by atomic mass is 10.1. The van der Waals surface area contributed by atoms with Gasteiger partial charge in [0.25, 0.3) is 0 Å². The van der Waals surface area contributed by atoms with Crippen molar-refractivity contribution >= 4 is 21.9 Å². The summed E-state index contributed by atoms with van der Waals surface area (Å²) in [6.45, 7) is 1.25. The van der Waals surface area contributed by atoms with Crippen molar-refractivity contribution in [1.82, 2.24) is 0 Å². The van der Waals surface area contributed by atoms with E-state index in [4.69, 9.17) is 0 Å². The predicted octanol–water partition coefficient (Wildman–Crippen LogP) is 2.52. The fourth-order valence-electron chi connectivity index (χ4n) is 2.56. The zero-order valence-electron chi connectivity index (χ0n) is 13.0. The van der Waals surface area contributed by atoms with Gasteiger partial charge in [-0.3, -0.25) is 9.30 Å². The van der Waals surface area contributed by atoms with Gasteiger partial charge in [0.15, 0.2) is 0 Å². The molecule has 0 saturated heterocycles. The van der Waals surface area contributed by atoms with Crippen molar-refractivity contribution in [3.05, 3.63) is 29.8 Å². The van der Waals surface area contributed by atoms with Crippen LogP contribution in [0.25, 0.3) is 0 Å². The fourth-order valence-corrected chi connectivity index (χ4v) is 3.53. The van der Waals surface area contributed by atoms with Gasteiger partial charge in [0.1, 0.15) is 0 Å². The fraction of sp³-hybridized carbons (Fsp3) is 0.562. The molecule has 3 rings (SSSR count). The number of rotatable bonds is 1. The summed E-state index contributed by atoms with van der Waals surface area (Å²) in [5.74, 6) is 0. The Morgan fingerprint density at radius 3 is 2.50 bits per heavy atom. The van der Waals surface area contributed by atoms with E-state index in [1.165, 1.54) is 10.6 Å². The van der Waals surface area contributed by atoms with Crippen molar-refractivity contribution in [3.8, 4) is 0 Å². The van der Waals surface area contributed by atoms with Crippen molar-refractivity contribution in [1.29, 1.82) is 0 Å². The van der Waals surface area contributed by atoms with Gasteiger partial charge >= 0.3 is 0 Å². The number of benzene rings is 1. The molecular formula is C16H24N2O3S. The molecule has 2 aliphatic rings. The van der Waals surface area contributed by atoms with E-state index >= 15 is 0 Å². The van der Waals surface area contributed by atoms with Crippen LogP contribution in [0, 0.1) is 0 Å². The summed E-state index contributed by atoms with van der Waals surface area (Å²) < 4.78 is 25.4. The lowest BCUT2D eigenvalue weighted by Crippen LogP contribution is -2.30. The number of aliphatic imine (C=N–C) groups is 1. The van der Waals surface area contributed by atoms with Gasteiger partial charge in [0.2, 0.25) is 10.0 Å². The smallest absolute Gasteiger partial charge is 0.232 e. The molecule has 0 aromatic heterocycles. The summed E-state index contributed by atoms with van der Waals surface area (Å²) in [7, 11) is -3.29. The maximum atomic E-state index is 12.0. The standard InChI is InChI=1S/C16H24N2O3S/c1-22(20,21)18-13-5-3-2-4-11-17-12-10-16(19)14-6-8-15(18)9-7-14/h6-9,12,16,19H,2-5,10-11,13H2,1H3. The first-order valence-electron chi connectivity index (χ1n) is 7.72. The lowest BCUT2D eigenvalue weighted by Gasteiger charge is -2.23. The Hall–Kier alpha value is -1.40. The number of hydrogen-bond acceptors (Lipinski definition) is 4. The molecule has 1 atom stereocenters. The van der Waals surface area contributed by atoms with Crippen LogP contribution in [0.4, 0.5) is 5.69 Å². The van der Waals surface area contributed by atoms with Crippen LogP contribution in [0.1, 0.15) is 43.8 Å². The molecule has 5 nitrogen and oxygen atoms in total. The highest BCUT2D eigenvalue weighted by atomic mass is 32.2. The molecule has 0 radical (unpaired) electrons. The van der Waals surface area contributed by atoms with Crippen molar-refractivity contribution in [2.75, 3.05) is 23.7 Å². The van der Waals surface area contributed by atoms with Crippen LogP contribution in [-0.4, -0.2) is 39.1 Å². The third-order valence-corrected chi connectivity index (χ3v) is 5.02. The molecule has 1 N–H and O–H groups in total. The highest BCUT2D eigenvalue weighted by Crippen LogP contribution is 2.23. The lowest BCUT2D eigenvalue weighted by molar-refractivity contribution is 0.187. The van der Waals surface area contributed by atoms with Crippen LogP contribution in [0.3, 0.4) is 0 Å². The van der Waals surface area contributed by atoms with E-state index in [-0.39, 0.29) is 0 Å². The minimum atomic E-state index is -3.29. The molecule has 0 aliphatic carbocycles. The number of fused-ring (bicyclic) bond motifs is 11.